The van der Waals surface area contributed by atoms with Gasteiger partial charge in [0.25, 0.3) is 0 Å². The van der Waals surface area contributed by atoms with E-state index in [0.29, 0.717) is 17.9 Å². The van der Waals surface area contributed by atoms with Crippen LogP contribution in [-0.2, 0) is 17.6 Å². The van der Waals surface area contributed by atoms with Crippen LogP contribution in [0.25, 0.3) is 0 Å². The second-order valence-corrected chi connectivity index (χ2v) is 7.63. The van der Waals surface area contributed by atoms with Gasteiger partial charge in [-0.25, -0.2) is 14.4 Å². The summed E-state index contributed by atoms with van der Waals surface area (Å²) in [6, 6.07) is 17.8. The van der Waals surface area contributed by atoms with Crippen molar-refractivity contribution in [2.24, 2.45) is 0 Å². The van der Waals surface area contributed by atoms with Gasteiger partial charge in [-0.15, -0.1) is 0 Å². The summed E-state index contributed by atoms with van der Waals surface area (Å²) in [4.78, 5) is 22.0. The fourth-order valence-electron chi connectivity index (χ4n) is 3.48. The molecule has 0 bridgehead atoms. The molecule has 154 valence electrons. The molecule has 1 aliphatic rings. The minimum atomic E-state index is -0.368. The molecular formula is C24H25FN4O. The first-order chi connectivity index (χ1) is 14.6. The zero-order valence-electron chi connectivity index (χ0n) is 16.9. The third kappa shape index (κ3) is 5.00. The van der Waals surface area contributed by atoms with Gasteiger partial charge in [0.05, 0.1) is 12.5 Å². The second-order valence-electron chi connectivity index (χ2n) is 7.63. The lowest BCUT2D eigenvalue weighted by atomic mass is 10.0. The minimum Gasteiger partial charge on any atom is -0.373 e. The maximum absolute atomic E-state index is 14.0. The van der Waals surface area contributed by atoms with Gasteiger partial charge in [-0.2, -0.15) is 0 Å². The smallest absolute Gasteiger partial charge is 0.225 e. The first kappa shape index (κ1) is 20.0. The van der Waals surface area contributed by atoms with Crippen molar-refractivity contribution in [2.45, 2.75) is 37.6 Å². The Labute approximate surface area is 175 Å². The molecule has 1 heterocycles. The van der Waals surface area contributed by atoms with Crippen molar-refractivity contribution in [3.63, 3.8) is 0 Å². The van der Waals surface area contributed by atoms with Crippen molar-refractivity contribution < 1.29 is 9.18 Å². The first-order valence-electron chi connectivity index (χ1n) is 10.3. The molecule has 5 nitrogen and oxygen atoms in total. The third-order valence-corrected chi connectivity index (χ3v) is 5.25. The normalized spacial score (nSPS) is 14.2. The number of nitrogens with zero attached hydrogens (tertiary/aromatic N) is 2. The Morgan fingerprint density at radius 2 is 1.83 bits per heavy atom. The molecule has 1 atom stereocenters. The molecule has 1 amide bonds. The van der Waals surface area contributed by atoms with Crippen LogP contribution in [0.5, 0.6) is 0 Å². The largest absolute Gasteiger partial charge is 0.373 e. The highest BCUT2D eigenvalue weighted by atomic mass is 19.1. The summed E-state index contributed by atoms with van der Waals surface area (Å²) < 4.78 is 14.0. The fraction of sp³-hybridized carbons (Fsp3) is 0.292. The van der Waals surface area contributed by atoms with Crippen molar-refractivity contribution in [1.29, 1.82) is 0 Å². The number of hydrogen-bond donors (Lipinski definition) is 2. The Morgan fingerprint density at radius 3 is 2.53 bits per heavy atom. The van der Waals surface area contributed by atoms with E-state index in [9.17, 15) is 9.18 Å². The fourth-order valence-corrected chi connectivity index (χ4v) is 3.48. The van der Waals surface area contributed by atoms with E-state index < -0.39 is 0 Å². The molecule has 1 aromatic heterocycles. The predicted octanol–water partition coefficient (Wildman–Crippen LogP) is 4.18. The number of nitrogens with one attached hydrogen (secondary N) is 2. The summed E-state index contributed by atoms with van der Waals surface area (Å²) in [7, 11) is 1.84. The van der Waals surface area contributed by atoms with Gasteiger partial charge in [-0.05, 0) is 30.0 Å². The van der Waals surface area contributed by atoms with Crippen molar-refractivity contribution in [2.75, 3.05) is 12.4 Å². The van der Waals surface area contributed by atoms with Crippen molar-refractivity contribution in [3.8, 4) is 0 Å². The highest BCUT2D eigenvalue weighted by molar-refractivity contribution is 5.79. The van der Waals surface area contributed by atoms with E-state index in [0.717, 1.165) is 35.7 Å². The Bertz CT molecular complexity index is 1020. The maximum Gasteiger partial charge on any atom is 0.225 e. The van der Waals surface area contributed by atoms with E-state index in [-0.39, 0.29) is 24.2 Å². The molecule has 0 radical (unpaired) electrons. The average Bonchev–Trinajstić information content (AvgIpc) is 3.61. The summed E-state index contributed by atoms with van der Waals surface area (Å²) in [6.45, 7) is 0. The molecule has 0 unspecified atom stereocenters. The lowest BCUT2D eigenvalue weighted by Crippen LogP contribution is -2.31. The van der Waals surface area contributed by atoms with Crippen LogP contribution < -0.4 is 10.6 Å². The van der Waals surface area contributed by atoms with Crippen molar-refractivity contribution in [1.82, 2.24) is 15.3 Å². The zero-order chi connectivity index (χ0) is 20.9. The summed E-state index contributed by atoms with van der Waals surface area (Å²) in [5.74, 6) is 1.49. The topological polar surface area (TPSA) is 66.9 Å². The Kier molecular flexibility index (Phi) is 6.02. The molecule has 2 N–H and O–H groups in total. The molecule has 1 saturated carbocycles. The van der Waals surface area contributed by atoms with Gasteiger partial charge in [0.1, 0.15) is 17.5 Å². The quantitative estimate of drug-likeness (QED) is 0.591. The van der Waals surface area contributed by atoms with Gasteiger partial charge in [0.2, 0.25) is 5.91 Å². The van der Waals surface area contributed by atoms with E-state index in [1.807, 2.05) is 43.4 Å². The van der Waals surface area contributed by atoms with Gasteiger partial charge in [0, 0.05) is 31.1 Å². The maximum atomic E-state index is 14.0. The first-order valence-corrected chi connectivity index (χ1v) is 10.3. The van der Waals surface area contributed by atoms with Gasteiger partial charge < -0.3 is 10.6 Å². The number of carbonyl (C=O) groups is 1. The highest BCUT2D eigenvalue weighted by Gasteiger charge is 2.28. The monoisotopic (exact) mass is 404 g/mol. The van der Waals surface area contributed by atoms with Crippen LogP contribution in [0.3, 0.4) is 0 Å². The molecule has 1 aliphatic carbocycles. The molecule has 0 saturated heterocycles. The van der Waals surface area contributed by atoms with Gasteiger partial charge in [0.15, 0.2) is 0 Å². The van der Waals surface area contributed by atoms with E-state index in [1.165, 1.54) is 6.07 Å². The molecular weight excluding hydrogens is 379 g/mol. The number of anilines is 1. The number of aromatic nitrogens is 2. The van der Waals surface area contributed by atoms with Crippen molar-refractivity contribution >= 4 is 11.7 Å². The number of benzene rings is 2. The summed E-state index contributed by atoms with van der Waals surface area (Å²) >= 11 is 0. The van der Waals surface area contributed by atoms with Gasteiger partial charge in [-0.3, -0.25) is 4.79 Å². The van der Waals surface area contributed by atoms with Crippen LogP contribution in [-0.4, -0.2) is 22.9 Å². The average molecular weight is 404 g/mol. The molecule has 0 aliphatic heterocycles. The lowest BCUT2D eigenvalue weighted by molar-refractivity contribution is -0.121. The number of halogens is 1. The summed E-state index contributed by atoms with van der Waals surface area (Å²) in [5, 5.41) is 6.18. The van der Waals surface area contributed by atoms with Gasteiger partial charge >= 0.3 is 0 Å². The van der Waals surface area contributed by atoms with Crippen LogP contribution in [0.15, 0.2) is 60.7 Å². The number of carbonyl (C=O) groups excluding carboxylic acids is 1. The Hall–Kier alpha value is -3.28. The standard InChI is InChI=1S/C24H25FN4O/c1-26-22-15-19(27-24(29-22)17-11-12-17)14-21(16-7-3-2-4-8-16)28-23(30)13-18-9-5-6-10-20(18)25/h2-10,15,17,21H,11-14H2,1H3,(H,28,30)(H,26,27,29)/t21-/m0/s1. The minimum absolute atomic E-state index is 0.00509. The van der Waals surface area contributed by atoms with E-state index in [4.69, 9.17) is 4.98 Å². The molecule has 2 aromatic carbocycles. The number of rotatable bonds is 8. The van der Waals surface area contributed by atoms with Gasteiger partial charge in [-0.1, -0.05) is 48.5 Å². The predicted molar refractivity (Wildman–Crippen MR) is 115 cm³/mol. The molecule has 6 heteroatoms. The van der Waals surface area contributed by atoms with Crippen molar-refractivity contribution in [3.05, 3.63) is 89.1 Å². The second kappa shape index (κ2) is 9.03. The molecule has 1 fully saturated rings. The number of hydrogen-bond acceptors (Lipinski definition) is 4. The van der Waals surface area contributed by atoms with Crippen LogP contribution in [0.4, 0.5) is 10.2 Å². The van der Waals surface area contributed by atoms with E-state index in [2.05, 4.69) is 15.6 Å². The van der Waals surface area contributed by atoms with Crippen LogP contribution in [0.2, 0.25) is 0 Å². The highest BCUT2D eigenvalue weighted by Crippen LogP contribution is 2.38. The van der Waals surface area contributed by atoms with E-state index in [1.54, 1.807) is 18.2 Å². The van der Waals surface area contributed by atoms with Crippen LogP contribution >= 0.6 is 0 Å². The van der Waals surface area contributed by atoms with Crippen LogP contribution in [0.1, 0.15) is 47.4 Å². The molecule has 4 rings (SSSR count). The summed E-state index contributed by atoms with van der Waals surface area (Å²) in [5.41, 5.74) is 2.24. The third-order valence-electron chi connectivity index (χ3n) is 5.25. The molecule has 0 spiro atoms. The Balaban J connectivity index is 1.56. The molecule has 3 aromatic rings. The number of amides is 1. The SMILES string of the molecule is CNc1cc(C[C@H](NC(=O)Cc2ccccc2F)c2ccccc2)nc(C2CC2)n1. The molecule has 30 heavy (non-hydrogen) atoms. The summed E-state index contributed by atoms with van der Waals surface area (Å²) in [6.07, 6.45) is 2.76. The van der Waals surface area contributed by atoms with E-state index >= 15 is 0 Å². The zero-order valence-corrected chi connectivity index (χ0v) is 16.9. The van der Waals surface area contributed by atoms with Crippen LogP contribution in [0, 0.1) is 5.82 Å². The Morgan fingerprint density at radius 1 is 1.10 bits per heavy atom. The lowest BCUT2D eigenvalue weighted by Gasteiger charge is -2.20.